The molecule has 0 amide bonds. The Morgan fingerprint density at radius 2 is 1.91 bits per heavy atom. The Morgan fingerprint density at radius 3 is 2.75 bits per heavy atom. The van der Waals surface area contributed by atoms with Gasteiger partial charge in [-0.15, -0.1) is 0 Å². The second-order valence-electron chi connectivity index (χ2n) is 6.97. The van der Waals surface area contributed by atoms with Crippen molar-refractivity contribution in [3.63, 3.8) is 0 Å². The molecule has 3 heterocycles. The first-order valence-electron chi connectivity index (χ1n) is 9.62. The molecule has 0 saturated carbocycles. The van der Waals surface area contributed by atoms with Crippen molar-refractivity contribution < 1.29 is 17.6 Å². The van der Waals surface area contributed by atoms with Crippen LogP contribution in [0.15, 0.2) is 58.0 Å². The summed E-state index contributed by atoms with van der Waals surface area (Å²) in [7, 11) is 0. The number of nitrogens with zero attached hydrogens (tertiary/aromatic N) is 3. The fraction of sp³-hybridized carbons (Fsp3) is 0.0909. The number of imidazole rings is 1. The SMILES string of the molecule is O=c1c(-c2cccc(F)c2)c(CCNc2nc(F)nc3[nH]cnc23)oc2cccc(F)c12. The summed E-state index contributed by atoms with van der Waals surface area (Å²) < 4.78 is 47.8. The van der Waals surface area contributed by atoms with Crippen molar-refractivity contribution in [1.82, 2.24) is 19.9 Å². The first kappa shape index (κ1) is 19.7. The van der Waals surface area contributed by atoms with Gasteiger partial charge in [-0.05, 0) is 29.8 Å². The number of aromatic amines is 1. The monoisotopic (exact) mass is 437 g/mol. The first-order valence-corrected chi connectivity index (χ1v) is 9.62. The van der Waals surface area contributed by atoms with Crippen LogP contribution in [0.4, 0.5) is 19.0 Å². The molecule has 2 N–H and O–H groups in total. The van der Waals surface area contributed by atoms with Crippen LogP contribution in [0.3, 0.4) is 0 Å². The van der Waals surface area contributed by atoms with E-state index in [0.717, 1.165) is 6.07 Å². The molecule has 5 rings (SSSR count). The molecule has 7 nitrogen and oxygen atoms in total. The zero-order valence-corrected chi connectivity index (χ0v) is 16.3. The summed E-state index contributed by atoms with van der Waals surface area (Å²) in [5, 5.41) is 2.74. The maximum absolute atomic E-state index is 14.4. The van der Waals surface area contributed by atoms with Crippen LogP contribution in [0.25, 0.3) is 33.3 Å². The number of nitrogens with one attached hydrogen (secondary N) is 2. The van der Waals surface area contributed by atoms with Crippen LogP contribution in [-0.2, 0) is 6.42 Å². The number of aromatic nitrogens is 4. The molecule has 0 fully saturated rings. The maximum atomic E-state index is 14.4. The Morgan fingerprint density at radius 1 is 1.06 bits per heavy atom. The van der Waals surface area contributed by atoms with Crippen molar-refractivity contribution in [1.29, 1.82) is 0 Å². The second kappa shape index (κ2) is 7.80. The normalized spacial score (nSPS) is 11.3. The van der Waals surface area contributed by atoms with E-state index in [9.17, 15) is 18.0 Å². The summed E-state index contributed by atoms with van der Waals surface area (Å²) in [5.41, 5.74) is 0.372. The van der Waals surface area contributed by atoms with Crippen LogP contribution >= 0.6 is 0 Å². The number of anilines is 1. The topological polar surface area (TPSA) is 96.7 Å². The molecule has 32 heavy (non-hydrogen) atoms. The van der Waals surface area contributed by atoms with E-state index in [-0.39, 0.29) is 52.3 Å². The van der Waals surface area contributed by atoms with E-state index in [1.165, 1.54) is 36.7 Å². The summed E-state index contributed by atoms with van der Waals surface area (Å²) in [6.07, 6.45) is 0.575. The van der Waals surface area contributed by atoms with Crippen LogP contribution in [0, 0.1) is 17.7 Å². The standard InChI is InChI=1S/C22H14F3N5O2/c23-12-4-1-3-11(9-12)16-15(32-14-6-2-5-13(24)17(14)19(16)31)7-8-26-20-18-21(28-10-27-18)30-22(25)29-20/h1-6,9-10H,7-8H2,(H2,26,27,28,29,30). The van der Waals surface area contributed by atoms with Gasteiger partial charge in [-0.1, -0.05) is 18.2 Å². The van der Waals surface area contributed by atoms with Gasteiger partial charge in [0.15, 0.2) is 11.5 Å². The van der Waals surface area contributed by atoms with Gasteiger partial charge in [0.25, 0.3) is 0 Å². The van der Waals surface area contributed by atoms with Crippen LogP contribution in [0.2, 0.25) is 0 Å². The lowest BCUT2D eigenvalue weighted by atomic mass is 10.0. The predicted molar refractivity (Wildman–Crippen MR) is 112 cm³/mol. The summed E-state index contributed by atoms with van der Waals surface area (Å²) in [6, 6.07) is 9.51. The van der Waals surface area contributed by atoms with Gasteiger partial charge in [0.1, 0.15) is 33.9 Å². The number of rotatable bonds is 5. The summed E-state index contributed by atoms with van der Waals surface area (Å²) in [6.45, 7) is 0.171. The van der Waals surface area contributed by atoms with Crippen LogP contribution in [-0.4, -0.2) is 26.5 Å². The molecule has 2 aromatic carbocycles. The Labute approximate surface area is 178 Å². The Bertz CT molecular complexity index is 1530. The van der Waals surface area contributed by atoms with Gasteiger partial charge in [0.2, 0.25) is 5.43 Å². The molecule has 0 aliphatic rings. The Hall–Kier alpha value is -4.21. The lowest BCUT2D eigenvalue weighted by Gasteiger charge is -2.12. The van der Waals surface area contributed by atoms with Crippen molar-refractivity contribution in [2.75, 3.05) is 11.9 Å². The minimum Gasteiger partial charge on any atom is -0.460 e. The van der Waals surface area contributed by atoms with Crippen molar-refractivity contribution >= 4 is 28.0 Å². The highest BCUT2D eigenvalue weighted by Crippen LogP contribution is 2.27. The largest absolute Gasteiger partial charge is 0.460 e. The average molecular weight is 437 g/mol. The predicted octanol–water partition coefficient (Wildman–Crippen LogP) is 4.20. The van der Waals surface area contributed by atoms with Gasteiger partial charge in [-0.25, -0.2) is 13.8 Å². The van der Waals surface area contributed by atoms with E-state index >= 15 is 0 Å². The van der Waals surface area contributed by atoms with Crippen LogP contribution in [0.5, 0.6) is 0 Å². The van der Waals surface area contributed by atoms with Crippen molar-refractivity contribution in [3.05, 3.63) is 82.5 Å². The van der Waals surface area contributed by atoms with E-state index in [1.807, 2.05) is 0 Å². The van der Waals surface area contributed by atoms with E-state index in [1.54, 1.807) is 6.07 Å². The highest BCUT2D eigenvalue weighted by molar-refractivity contribution is 5.84. The molecule has 0 radical (unpaired) electrons. The minimum absolute atomic E-state index is 0.0580. The van der Waals surface area contributed by atoms with Crippen LogP contribution in [0.1, 0.15) is 5.76 Å². The van der Waals surface area contributed by atoms with Crippen LogP contribution < -0.4 is 10.7 Å². The molecule has 3 aromatic heterocycles. The third kappa shape index (κ3) is 3.45. The number of benzene rings is 2. The minimum atomic E-state index is -0.933. The van der Waals surface area contributed by atoms with Gasteiger partial charge in [-0.2, -0.15) is 14.4 Å². The number of fused-ring (bicyclic) bond motifs is 2. The molecule has 0 spiro atoms. The fourth-order valence-electron chi connectivity index (χ4n) is 3.58. The van der Waals surface area contributed by atoms with Crippen molar-refractivity contribution in [2.45, 2.75) is 6.42 Å². The molecule has 0 saturated heterocycles. The molecule has 0 unspecified atom stereocenters. The van der Waals surface area contributed by atoms with Gasteiger partial charge in [-0.3, -0.25) is 4.79 Å². The zero-order chi connectivity index (χ0) is 22.2. The van der Waals surface area contributed by atoms with Gasteiger partial charge in [0.05, 0.1) is 11.9 Å². The lowest BCUT2D eigenvalue weighted by Crippen LogP contribution is -2.14. The maximum Gasteiger partial charge on any atom is 0.312 e. The Balaban J connectivity index is 1.56. The van der Waals surface area contributed by atoms with E-state index in [0.29, 0.717) is 5.52 Å². The van der Waals surface area contributed by atoms with Gasteiger partial charge in [0, 0.05) is 13.0 Å². The first-order chi connectivity index (χ1) is 15.5. The molecule has 0 aliphatic carbocycles. The van der Waals surface area contributed by atoms with E-state index in [2.05, 4.69) is 25.3 Å². The second-order valence-corrected chi connectivity index (χ2v) is 6.97. The molecular weight excluding hydrogens is 423 g/mol. The average Bonchev–Trinajstić information content (AvgIpc) is 3.22. The molecule has 0 atom stereocenters. The lowest BCUT2D eigenvalue weighted by molar-refractivity contribution is 0.536. The quantitative estimate of drug-likeness (QED) is 0.400. The number of halogens is 3. The molecule has 0 bridgehead atoms. The van der Waals surface area contributed by atoms with Crippen molar-refractivity contribution in [3.8, 4) is 11.1 Å². The smallest absolute Gasteiger partial charge is 0.312 e. The Kier molecular flexibility index (Phi) is 4.81. The number of hydrogen-bond donors (Lipinski definition) is 2. The highest BCUT2D eigenvalue weighted by atomic mass is 19.1. The number of hydrogen-bond acceptors (Lipinski definition) is 6. The fourth-order valence-corrected chi connectivity index (χ4v) is 3.58. The van der Waals surface area contributed by atoms with Gasteiger partial charge >= 0.3 is 6.08 Å². The molecule has 0 aliphatic heterocycles. The molecule has 10 heteroatoms. The number of H-pyrrole nitrogens is 1. The molecule has 5 aromatic rings. The van der Waals surface area contributed by atoms with Crippen molar-refractivity contribution in [2.24, 2.45) is 0 Å². The summed E-state index contributed by atoms with van der Waals surface area (Å²) >= 11 is 0. The van der Waals surface area contributed by atoms with E-state index in [4.69, 9.17) is 4.42 Å². The van der Waals surface area contributed by atoms with E-state index < -0.39 is 23.1 Å². The third-order valence-corrected chi connectivity index (χ3v) is 4.95. The third-order valence-electron chi connectivity index (χ3n) is 4.95. The van der Waals surface area contributed by atoms with Gasteiger partial charge < -0.3 is 14.7 Å². The summed E-state index contributed by atoms with van der Waals surface area (Å²) in [4.78, 5) is 27.3. The zero-order valence-electron chi connectivity index (χ0n) is 16.3. The summed E-state index contributed by atoms with van der Waals surface area (Å²) in [5.74, 6) is -0.887. The molecular formula is C22H14F3N5O2. The molecule has 160 valence electrons. The highest BCUT2D eigenvalue weighted by Gasteiger charge is 2.19.